The Bertz CT molecular complexity index is 972. The van der Waals surface area contributed by atoms with Crippen LogP contribution in [0.5, 0.6) is 0 Å². The number of benzene rings is 1. The predicted molar refractivity (Wildman–Crippen MR) is 103 cm³/mol. The number of amides is 4. The molecule has 5 aliphatic rings. The lowest BCUT2D eigenvalue weighted by Gasteiger charge is -2.56. The minimum Gasteiger partial charge on any atom is -0.313 e. The molecule has 8 nitrogen and oxygen atoms in total. The Morgan fingerprint density at radius 2 is 1.93 bits per heavy atom. The number of piperidine rings is 3. The van der Waals surface area contributed by atoms with Crippen LogP contribution in [-0.2, 0) is 16.1 Å². The van der Waals surface area contributed by atoms with E-state index in [1.165, 1.54) is 0 Å². The van der Waals surface area contributed by atoms with Crippen LogP contribution in [0, 0.1) is 5.41 Å². The summed E-state index contributed by atoms with van der Waals surface area (Å²) in [5.74, 6) is -2.04. The molecule has 9 heteroatoms. The Morgan fingerprint density at radius 1 is 1.13 bits per heavy atom. The number of hydrogen-bond acceptors (Lipinski definition) is 6. The first kappa shape index (κ1) is 19.3. The fourth-order valence-electron chi connectivity index (χ4n) is 5.48. The van der Waals surface area contributed by atoms with Gasteiger partial charge in [0.25, 0.3) is 11.8 Å². The lowest BCUT2D eigenvalue weighted by molar-refractivity contribution is -0.136. The molecule has 4 amide bonds. The second-order valence-electron chi connectivity index (χ2n) is 9.00. The van der Waals surface area contributed by atoms with Crippen molar-refractivity contribution in [3.8, 4) is 0 Å². The zero-order chi connectivity index (χ0) is 21.1. The maximum absolute atomic E-state index is 14.3. The Kier molecular flexibility index (Phi) is 4.30. The molecular formula is C21H23FN4O4. The average molecular weight is 414 g/mol. The Balaban J connectivity index is 1.31. The van der Waals surface area contributed by atoms with Gasteiger partial charge in [-0.3, -0.25) is 29.4 Å². The van der Waals surface area contributed by atoms with Crippen molar-refractivity contribution in [2.45, 2.75) is 43.9 Å². The predicted octanol–water partition coefficient (Wildman–Crippen LogP) is 0.269. The minimum atomic E-state index is -1.10. The summed E-state index contributed by atoms with van der Waals surface area (Å²) in [5, 5.41) is 8.66. The Labute approximate surface area is 172 Å². The van der Waals surface area contributed by atoms with Crippen molar-refractivity contribution in [3.05, 3.63) is 34.9 Å². The van der Waals surface area contributed by atoms with Crippen LogP contribution in [0.3, 0.4) is 0 Å². The van der Waals surface area contributed by atoms with Crippen LogP contribution < -0.4 is 16.0 Å². The van der Waals surface area contributed by atoms with Crippen molar-refractivity contribution >= 4 is 23.6 Å². The molecule has 1 aliphatic carbocycles. The highest BCUT2D eigenvalue weighted by Crippen LogP contribution is 2.52. The van der Waals surface area contributed by atoms with Gasteiger partial charge in [0.2, 0.25) is 11.8 Å². The van der Waals surface area contributed by atoms with Crippen molar-refractivity contribution in [1.82, 2.24) is 20.9 Å². The van der Waals surface area contributed by atoms with Crippen molar-refractivity contribution in [1.29, 1.82) is 0 Å². The number of carbonyl (C=O) groups is 4. The third kappa shape index (κ3) is 2.95. The first-order valence-corrected chi connectivity index (χ1v) is 10.2. The van der Waals surface area contributed by atoms with Gasteiger partial charge in [-0.05, 0) is 30.9 Å². The molecule has 4 heterocycles. The molecule has 4 aliphatic heterocycles. The monoisotopic (exact) mass is 414 g/mol. The highest BCUT2D eigenvalue weighted by Gasteiger charge is 2.57. The second-order valence-corrected chi connectivity index (χ2v) is 9.00. The normalized spacial score (nSPS) is 32.7. The highest BCUT2D eigenvalue weighted by molar-refractivity contribution is 6.24. The maximum atomic E-state index is 14.3. The Morgan fingerprint density at radius 3 is 2.67 bits per heavy atom. The minimum absolute atomic E-state index is 0.0877. The zero-order valence-corrected chi connectivity index (χ0v) is 16.4. The van der Waals surface area contributed by atoms with Gasteiger partial charge in [-0.25, -0.2) is 4.39 Å². The molecule has 6 rings (SSSR count). The van der Waals surface area contributed by atoms with Crippen LogP contribution in [0.25, 0.3) is 0 Å². The number of rotatable bonds is 5. The molecule has 1 aromatic rings. The van der Waals surface area contributed by atoms with Gasteiger partial charge < -0.3 is 10.6 Å². The van der Waals surface area contributed by atoms with Gasteiger partial charge in [0.05, 0.1) is 11.1 Å². The third-order valence-corrected chi connectivity index (χ3v) is 6.70. The van der Waals surface area contributed by atoms with Crippen LogP contribution in [0.2, 0.25) is 0 Å². The number of fused-ring (bicyclic) bond motifs is 3. The maximum Gasteiger partial charge on any atom is 0.262 e. The topological polar surface area (TPSA) is 108 Å². The summed E-state index contributed by atoms with van der Waals surface area (Å²) >= 11 is 0. The number of imide groups is 2. The molecule has 0 spiro atoms. The van der Waals surface area contributed by atoms with Gasteiger partial charge in [0, 0.05) is 38.0 Å². The van der Waals surface area contributed by atoms with Crippen LogP contribution in [-0.4, -0.2) is 59.9 Å². The molecule has 4 fully saturated rings. The van der Waals surface area contributed by atoms with E-state index in [9.17, 15) is 23.6 Å². The molecule has 0 radical (unpaired) electrons. The summed E-state index contributed by atoms with van der Waals surface area (Å²) in [5.41, 5.74) is 0.0365. The number of alkyl halides is 1. The first-order valence-electron chi connectivity index (χ1n) is 10.2. The summed E-state index contributed by atoms with van der Waals surface area (Å²) in [7, 11) is 0. The van der Waals surface area contributed by atoms with Crippen LogP contribution in [0.15, 0.2) is 18.2 Å². The van der Waals surface area contributed by atoms with Gasteiger partial charge in [-0.15, -0.1) is 0 Å². The molecule has 1 unspecified atom stereocenters. The first-order chi connectivity index (χ1) is 14.3. The quantitative estimate of drug-likeness (QED) is 0.597. The zero-order valence-electron chi connectivity index (χ0n) is 16.4. The van der Waals surface area contributed by atoms with E-state index >= 15 is 0 Å². The van der Waals surface area contributed by atoms with E-state index in [-0.39, 0.29) is 23.8 Å². The largest absolute Gasteiger partial charge is 0.313 e. The Hall–Kier alpha value is -2.65. The molecule has 30 heavy (non-hydrogen) atoms. The number of nitrogens with one attached hydrogen (secondary N) is 3. The number of carbonyl (C=O) groups excluding carboxylic acids is 4. The number of halogens is 1. The van der Waals surface area contributed by atoms with Crippen molar-refractivity contribution in [3.63, 3.8) is 0 Å². The molecule has 1 atom stereocenters. The molecule has 3 N–H and O–H groups in total. The average Bonchev–Trinajstić information content (AvgIpc) is 2.93. The molecule has 1 aromatic carbocycles. The van der Waals surface area contributed by atoms with Crippen LogP contribution in [0.1, 0.15) is 52.0 Å². The molecule has 158 valence electrons. The molecule has 0 aromatic heterocycles. The summed E-state index contributed by atoms with van der Waals surface area (Å²) in [4.78, 5) is 50.5. The fraction of sp³-hybridized carbons (Fsp3) is 0.524. The van der Waals surface area contributed by atoms with E-state index in [0.29, 0.717) is 43.6 Å². The van der Waals surface area contributed by atoms with Gasteiger partial charge in [0.15, 0.2) is 0 Å². The summed E-state index contributed by atoms with van der Waals surface area (Å²) < 4.78 is 14.3. The number of hydrogen-bond donors (Lipinski definition) is 3. The number of nitrogens with zero attached hydrogens (tertiary/aromatic N) is 1. The van der Waals surface area contributed by atoms with E-state index in [0.717, 1.165) is 11.4 Å². The smallest absolute Gasteiger partial charge is 0.262 e. The van der Waals surface area contributed by atoms with E-state index in [1.54, 1.807) is 18.2 Å². The van der Waals surface area contributed by atoms with Crippen molar-refractivity contribution < 1.29 is 23.6 Å². The second kappa shape index (κ2) is 6.68. The van der Waals surface area contributed by atoms with Crippen LogP contribution in [0.4, 0.5) is 4.39 Å². The fourth-order valence-corrected chi connectivity index (χ4v) is 5.48. The highest BCUT2D eigenvalue weighted by atomic mass is 19.1. The van der Waals surface area contributed by atoms with E-state index in [2.05, 4.69) is 16.0 Å². The molecule has 1 saturated carbocycles. The van der Waals surface area contributed by atoms with E-state index in [4.69, 9.17) is 0 Å². The summed E-state index contributed by atoms with van der Waals surface area (Å²) in [6.07, 6.45) is 1.29. The van der Waals surface area contributed by atoms with Crippen LogP contribution >= 0.6 is 0 Å². The molecule has 2 bridgehead atoms. The van der Waals surface area contributed by atoms with E-state index < -0.39 is 35.3 Å². The van der Waals surface area contributed by atoms with E-state index in [1.807, 2.05) is 0 Å². The van der Waals surface area contributed by atoms with Gasteiger partial charge in [0.1, 0.15) is 11.7 Å². The standard InChI is InChI=1S/C21H23FN4O4/c22-21-7-20(8-21,10-24-11-21)9-23-6-12-2-1-3-13-16(12)19(30)26(18(13)29)14-4-5-15(27)25-17(14)28/h1-3,14,23-24H,4-11H2,(H,25,27,28). The van der Waals surface area contributed by atoms with Gasteiger partial charge in [-0.2, -0.15) is 0 Å². The molecule has 3 saturated heterocycles. The summed E-state index contributed by atoms with van der Waals surface area (Å²) in [6.45, 7) is 2.16. The molecular weight excluding hydrogens is 391 g/mol. The SMILES string of the molecule is O=C1CCC(N2C(=O)c3cccc(CNCC45CNCC(F)(C4)C5)c3C2=O)C(=O)N1. The lowest BCUT2D eigenvalue weighted by Crippen LogP contribution is -2.66. The van der Waals surface area contributed by atoms with Gasteiger partial charge in [-0.1, -0.05) is 12.1 Å². The van der Waals surface area contributed by atoms with Crippen molar-refractivity contribution in [2.75, 3.05) is 19.6 Å². The summed E-state index contributed by atoms with van der Waals surface area (Å²) in [6, 6.07) is 4.10. The van der Waals surface area contributed by atoms with Crippen molar-refractivity contribution in [2.24, 2.45) is 5.41 Å². The lowest BCUT2D eigenvalue weighted by atomic mass is 9.57. The third-order valence-electron chi connectivity index (χ3n) is 6.70. The van der Waals surface area contributed by atoms with Gasteiger partial charge >= 0.3 is 0 Å².